The van der Waals surface area contributed by atoms with Crippen molar-refractivity contribution >= 4 is 23.6 Å². The fraction of sp³-hybridized carbons (Fsp3) is 0.867. The number of carbonyl (C=O) groups is 2. The minimum atomic E-state index is -0.775. The van der Waals surface area contributed by atoms with Crippen molar-refractivity contribution in [3.63, 3.8) is 0 Å². The molecule has 1 amide bonds. The highest BCUT2D eigenvalue weighted by Crippen LogP contribution is 2.44. The standard InChI is InChI=1S/C15H25NO3S/c1-20-12-6-4-5-11(12)16-13(17)9-15(10-14(18)19)7-2-3-8-15/h11-12H,2-10H2,1H3,(H,16,17)(H,18,19). The summed E-state index contributed by atoms with van der Waals surface area (Å²) in [5.74, 6) is -0.721. The Balaban J connectivity index is 1.90. The van der Waals surface area contributed by atoms with Crippen LogP contribution in [0.3, 0.4) is 0 Å². The van der Waals surface area contributed by atoms with Crippen LogP contribution in [0, 0.1) is 5.41 Å². The molecule has 0 saturated heterocycles. The average molecular weight is 299 g/mol. The van der Waals surface area contributed by atoms with Crippen LogP contribution in [0.4, 0.5) is 0 Å². The SMILES string of the molecule is CSC1CCCC1NC(=O)CC1(CC(=O)O)CCCC1. The monoisotopic (exact) mass is 299 g/mol. The van der Waals surface area contributed by atoms with Gasteiger partial charge in [0.1, 0.15) is 0 Å². The van der Waals surface area contributed by atoms with E-state index in [0.29, 0.717) is 11.7 Å². The van der Waals surface area contributed by atoms with Gasteiger partial charge in [0.15, 0.2) is 0 Å². The van der Waals surface area contributed by atoms with Crippen molar-refractivity contribution in [1.29, 1.82) is 0 Å². The van der Waals surface area contributed by atoms with E-state index in [0.717, 1.165) is 32.1 Å². The lowest BCUT2D eigenvalue weighted by Gasteiger charge is -2.28. The number of carbonyl (C=O) groups excluding carboxylic acids is 1. The third kappa shape index (κ3) is 3.90. The van der Waals surface area contributed by atoms with Gasteiger partial charge < -0.3 is 10.4 Å². The zero-order valence-corrected chi connectivity index (χ0v) is 13.0. The van der Waals surface area contributed by atoms with Gasteiger partial charge in [-0.2, -0.15) is 11.8 Å². The molecule has 20 heavy (non-hydrogen) atoms. The van der Waals surface area contributed by atoms with Crippen LogP contribution in [0.1, 0.15) is 57.8 Å². The molecule has 2 aliphatic rings. The molecule has 2 aliphatic carbocycles. The van der Waals surface area contributed by atoms with Crippen LogP contribution in [0.5, 0.6) is 0 Å². The summed E-state index contributed by atoms with van der Waals surface area (Å²) >= 11 is 1.83. The third-order valence-electron chi connectivity index (χ3n) is 4.83. The molecule has 0 aromatic heterocycles. The molecule has 114 valence electrons. The van der Waals surface area contributed by atoms with Crippen molar-refractivity contribution in [1.82, 2.24) is 5.32 Å². The van der Waals surface area contributed by atoms with Crippen molar-refractivity contribution in [2.24, 2.45) is 5.41 Å². The highest BCUT2D eigenvalue weighted by atomic mass is 32.2. The van der Waals surface area contributed by atoms with Gasteiger partial charge >= 0.3 is 5.97 Å². The topological polar surface area (TPSA) is 66.4 Å². The van der Waals surface area contributed by atoms with E-state index >= 15 is 0 Å². The van der Waals surface area contributed by atoms with E-state index in [1.165, 1.54) is 12.8 Å². The minimum absolute atomic E-state index is 0.0547. The summed E-state index contributed by atoms with van der Waals surface area (Å²) < 4.78 is 0. The van der Waals surface area contributed by atoms with Crippen molar-refractivity contribution in [2.75, 3.05) is 6.26 Å². The molecule has 4 nitrogen and oxygen atoms in total. The number of thioether (sulfide) groups is 1. The van der Waals surface area contributed by atoms with Gasteiger partial charge in [-0.15, -0.1) is 0 Å². The van der Waals surface area contributed by atoms with Crippen LogP contribution < -0.4 is 5.32 Å². The Kier molecular flexibility index (Phi) is 5.35. The van der Waals surface area contributed by atoms with E-state index in [1.54, 1.807) is 0 Å². The number of rotatable bonds is 6. The number of carboxylic acid groups (broad SMARTS) is 1. The Labute approximate surface area is 125 Å². The number of hydrogen-bond acceptors (Lipinski definition) is 3. The van der Waals surface area contributed by atoms with Gasteiger partial charge in [-0.3, -0.25) is 9.59 Å². The Bertz CT molecular complexity index is 366. The van der Waals surface area contributed by atoms with Crippen molar-refractivity contribution in [3.8, 4) is 0 Å². The highest BCUT2D eigenvalue weighted by Gasteiger charge is 2.39. The molecular weight excluding hydrogens is 274 g/mol. The molecule has 2 N–H and O–H groups in total. The van der Waals surface area contributed by atoms with Gasteiger partial charge in [0.05, 0.1) is 6.42 Å². The largest absolute Gasteiger partial charge is 0.481 e. The lowest BCUT2D eigenvalue weighted by atomic mass is 9.79. The fourth-order valence-electron chi connectivity index (χ4n) is 3.83. The van der Waals surface area contributed by atoms with E-state index in [4.69, 9.17) is 5.11 Å². The molecule has 0 heterocycles. The number of nitrogens with one attached hydrogen (secondary N) is 1. The van der Waals surface area contributed by atoms with Gasteiger partial charge in [-0.1, -0.05) is 19.3 Å². The second-order valence-corrected chi connectivity index (χ2v) is 7.41. The summed E-state index contributed by atoms with van der Waals surface area (Å²) in [6.45, 7) is 0. The smallest absolute Gasteiger partial charge is 0.303 e. The molecule has 2 saturated carbocycles. The summed E-state index contributed by atoms with van der Waals surface area (Å²) in [6.07, 6.45) is 9.89. The molecule has 0 aromatic rings. The first-order valence-electron chi connectivity index (χ1n) is 7.59. The number of carboxylic acids is 1. The Morgan fingerprint density at radius 1 is 1.20 bits per heavy atom. The molecule has 5 heteroatoms. The van der Waals surface area contributed by atoms with Crippen LogP contribution in [0.15, 0.2) is 0 Å². The lowest BCUT2D eigenvalue weighted by molar-refractivity contribution is -0.140. The Morgan fingerprint density at radius 3 is 2.50 bits per heavy atom. The molecule has 0 aliphatic heterocycles. The van der Waals surface area contributed by atoms with Crippen LogP contribution in [-0.2, 0) is 9.59 Å². The predicted octanol–water partition coefficient (Wildman–Crippen LogP) is 2.81. The van der Waals surface area contributed by atoms with E-state index in [9.17, 15) is 9.59 Å². The van der Waals surface area contributed by atoms with E-state index in [-0.39, 0.29) is 23.8 Å². The molecule has 2 fully saturated rings. The average Bonchev–Trinajstić information content (AvgIpc) is 2.97. The van der Waals surface area contributed by atoms with Crippen LogP contribution >= 0.6 is 11.8 Å². The zero-order valence-electron chi connectivity index (χ0n) is 12.2. The molecule has 2 unspecified atom stereocenters. The van der Waals surface area contributed by atoms with Gasteiger partial charge in [-0.25, -0.2) is 0 Å². The molecule has 2 atom stereocenters. The van der Waals surface area contributed by atoms with Gasteiger partial charge in [0, 0.05) is 17.7 Å². The maximum absolute atomic E-state index is 12.3. The first-order valence-corrected chi connectivity index (χ1v) is 8.87. The predicted molar refractivity (Wildman–Crippen MR) is 80.9 cm³/mol. The normalized spacial score (nSPS) is 28.4. The van der Waals surface area contributed by atoms with Crippen molar-refractivity contribution < 1.29 is 14.7 Å². The quantitative estimate of drug-likeness (QED) is 0.791. The summed E-state index contributed by atoms with van der Waals surface area (Å²) in [7, 11) is 0. The molecule has 0 radical (unpaired) electrons. The first-order chi connectivity index (χ1) is 9.54. The maximum atomic E-state index is 12.3. The number of hydrogen-bond donors (Lipinski definition) is 2. The van der Waals surface area contributed by atoms with Crippen LogP contribution in [0.25, 0.3) is 0 Å². The van der Waals surface area contributed by atoms with Gasteiger partial charge in [-0.05, 0) is 37.4 Å². The number of amides is 1. The summed E-state index contributed by atoms with van der Waals surface area (Å²) in [6, 6.07) is 0.279. The van der Waals surface area contributed by atoms with Crippen molar-refractivity contribution in [2.45, 2.75) is 69.1 Å². The van der Waals surface area contributed by atoms with E-state index in [1.807, 2.05) is 11.8 Å². The zero-order chi connectivity index (χ0) is 14.6. The molecule has 0 aromatic carbocycles. The summed E-state index contributed by atoms with van der Waals surface area (Å²) in [5, 5.41) is 12.8. The second-order valence-electron chi connectivity index (χ2n) is 6.33. The van der Waals surface area contributed by atoms with Crippen LogP contribution in [-0.4, -0.2) is 34.5 Å². The molecule has 0 bridgehead atoms. The summed E-state index contributed by atoms with van der Waals surface area (Å²) in [5.41, 5.74) is -0.288. The molecule has 2 rings (SSSR count). The van der Waals surface area contributed by atoms with E-state index in [2.05, 4.69) is 11.6 Å². The van der Waals surface area contributed by atoms with Gasteiger partial charge in [0.25, 0.3) is 0 Å². The first kappa shape index (κ1) is 15.7. The highest BCUT2D eigenvalue weighted by molar-refractivity contribution is 7.99. The van der Waals surface area contributed by atoms with Gasteiger partial charge in [0.2, 0.25) is 5.91 Å². The Morgan fingerprint density at radius 2 is 1.90 bits per heavy atom. The minimum Gasteiger partial charge on any atom is -0.481 e. The number of aliphatic carboxylic acids is 1. The summed E-state index contributed by atoms with van der Waals surface area (Å²) in [4.78, 5) is 23.3. The van der Waals surface area contributed by atoms with E-state index < -0.39 is 5.97 Å². The Hall–Kier alpha value is -0.710. The van der Waals surface area contributed by atoms with Crippen molar-refractivity contribution in [3.05, 3.63) is 0 Å². The molecular formula is C15H25NO3S. The molecule has 0 spiro atoms. The van der Waals surface area contributed by atoms with Crippen LogP contribution in [0.2, 0.25) is 0 Å². The fourth-order valence-corrected chi connectivity index (χ4v) is 4.77. The lowest BCUT2D eigenvalue weighted by Crippen LogP contribution is -2.41. The third-order valence-corrected chi connectivity index (χ3v) is 6.00. The maximum Gasteiger partial charge on any atom is 0.303 e. The second kappa shape index (κ2) is 6.83.